The molecule has 2 nitrogen and oxygen atoms in total. The molecule has 1 aliphatic heterocycles. The van der Waals surface area contributed by atoms with Crippen LogP contribution in [0.1, 0.15) is 40.0 Å². The summed E-state index contributed by atoms with van der Waals surface area (Å²) < 4.78 is 0. The Bertz CT molecular complexity index is 257. The minimum Gasteiger partial charge on any atom is -0.393 e. The van der Waals surface area contributed by atoms with Crippen molar-refractivity contribution in [2.75, 3.05) is 24.6 Å². The second-order valence-electron chi connectivity index (χ2n) is 6.65. The van der Waals surface area contributed by atoms with Crippen LogP contribution in [0.25, 0.3) is 0 Å². The molecule has 100 valence electrons. The van der Waals surface area contributed by atoms with E-state index in [4.69, 9.17) is 0 Å². The molecule has 1 heterocycles. The molecular weight excluding hydrogens is 230 g/mol. The van der Waals surface area contributed by atoms with Crippen molar-refractivity contribution in [2.45, 2.75) is 52.2 Å². The van der Waals surface area contributed by atoms with Crippen LogP contribution in [0.3, 0.4) is 0 Å². The molecule has 0 spiro atoms. The molecule has 0 amide bonds. The van der Waals surface area contributed by atoms with E-state index in [1.165, 1.54) is 30.9 Å². The Kier molecular flexibility index (Phi) is 4.43. The summed E-state index contributed by atoms with van der Waals surface area (Å²) in [5.74, 6) is 3.01. The van der Waals surface area contributed by atoms with Gasteiger partial charge >= 0.3 is 0 Å². The van der Waals surface area contributed by atoms with Crippen molar-refractivity contribution in [1.82, 2.24) is 4.90 Å². The highest BCUT2D eigenvalue weighted by Gasteiger charge is 2.35. The van der Waals surface area contributed by atoms with Crippen molar-refractivity contribution in [3.63, 3.8) is 0 Å². The lowest BCUT2D eigenvalue weighted by molar-refractivity contribution is 0.000465. The number of aliphatic hydroxyl groups is 1. The van der Waals surface area contributed by atoms with E-state index in [0.717, 1.165) is 13.0 Å². The molecule has 1 saturated heterocycles. The van der Waals surface area contributed by atoms with Crippen LogP contribution in [-0.4, -0.2) is 46.7 Å². The molecule has 0 bridgehead atoms. The van der Waals surface area contributed by atoms with Crippen molar-refractivity contribution in [1.29, 1.82) is 0 Å². The van der Waals surface area contributed by atoms with Gasteiger partial charge in [0.1, 0.15) is 0 Å². The average Bonchev–Trinajstić information content (AvgIpc) is 2.26. The van der Waals surface area contributed by atoms with Crippen LogP contribution >= 0.6 is 11.8 Å². The van der Waals surface area contributed by atoms with Gasteiger partial charge in [-0.1, -0.05) is 13.8 Å². The highest BCUT2D eigenvalue weighted by Crippen LogP contribution is 2.39. The fourth-order valence-electron chi connectivity index (χ4n) is 3.24. The molecule has 2 fully saturated rings. The Labute approximate surface area is 110 Å². The summed E-state index contributed by atoms with van der Waals surface area (Å²) in [4.78, 5) is 2.59. The average molecular weight is 257 g/mol. The first-order valence-electron chi connectivity index (χ1n) is 6.98. The van der Waals surface area contributed by atoms with Crippen molar-refractivity contribution < 1.29 is 5.11 Å². The summed E-state index contributed by atoms with van der Waals surface area (Å²) in [6.07, 6.45) is 3.29. The minimum absolute atomic E-state index is 0.0650. The van der Waals surface area contributed by atoms with E-state index in [1.807, 2.05) is 0 Å². The Morgan fingerprint density at radius 2 is 2.18 bits per heavy atom. The molecule has 1 saturated carbocycles. The predicted octanol–water partition coefficient (Wildman–Crippen LogP) is 2.61. The van der Waals surface area contributed by atoms with Crippen LogP contribution in [0.5, 0.6) is 0 Å². The number of aliphatic hydroxyl groups excluding tert-OH is 1. The lowest BCUT2D eigenvalue weighted by Gasteiger charge is -2.43. The second-order valence-corrected chi connectivity index (χ2v) is 7.80. The molecule has 1 N–H and O–H groups in total. The number of thioether (sulfide) groups is 1. The van der Waals surface area contributed by atoms with Gasteiger partial charge in [-0.15, -0.1) is 0 Å². The lowest BCUT2D eigenvalue weighted by Crippen LogP contribution is -2.47. The first-order chi connectivity index (χ1) is 7.98. The summed E-state index contributed by atoms with van der Waals surface area (Å²) in [7, 11) is 0. The second kappa shape index (κ2) is 5.50. The molecule has 0 radical (unpaired) electrons. The van der Waals surface area contributed by atoms with Crippen molar-refractivity contribution in [2.24, 2.45) is 11.3 Å². The molecule has 1 aliphatic carbocycles. The number of nitrogens with zero attached hydrogens (tertiary/aromatic N) is 1. The molecule has 0 aromatic carbocycles. The van der Waals surface area contributed by atoms with E-state index >= 15 is 0 Å². The van der Waals surface area contributed by atoms with Crippen LogP contribution < -0.4 is 0 Å². The van der Waals surface area contributed by atoms with Gasteiger partial charge < -0.3 is 5.11 Å². The standard InChI is InChI=1S/C14H27NOS/c1-11-10-17-7-6-15(11)9-12-8-14(2,3)5-4-13(12)16/h11-13,16H,4-10H2,1-3H3. The van der Waals surface area contributed by atoms with Gasteiger partial charge in [0, 0.05) is 30.6 Å². The van der Waals surface area contributed by atoms with Gasteiger partial charge in [0.05, 0.1) is 6.10 Å². The van der Waals surface area contributed by atoms with Gasteiger partial charge in [0.2, 0.25) is 0 Å². The smallest absolute Gasteiger partial charge is 0.0581 e. The van der Waals surface area contributed by atoms with Gasteiger partial charge in [-0.3, -0.25) is 4.90 Å². The molecule has 3 atom stereocenters. The zero-order valence-electron chi connectivity index (χ0n) is 11.5. The van der Waals surface area contributed by atoms with Gasteiger partial charge in [0.25, 0.3) is 0 Å². The van der Waals surface area contributed by atoms with E-state index in [1.54, 1.807) is 0 Å². The van der Waals surface area contributed by atoms with Crippen molar-refractivity contribution in [3.05, 3.63) is 0 Å². The van der Waals surface area contributed by atoms with E-state index in [-0.39, 0.29) is 6.10 Å². The van der Waals surface area contributed by atoms with Crippen molar-refractivity contribution in [3.8, 4) is 0 Å². The van der Waals surface area contributed by atoms with Crippen LogP contribution in [-0.2, 0) is 0 Å². The zero-order valence-corrected chi connectivity index (χ0v) is 12.3. The fourth-order valence-corrected chi connectivity index (χ4v) is 4.32. The van der Waals surface area contributed by atoms with Gasteiger partial charge in [-0.25, -0.2) is 0 Å². The summed E-state index contributed by atoms with van der Waals surface area (Å²) in [5.41, 5.74) is 0.428. The number of hydrogen-bond donors (Lipinski definition) is 1. The molecule has 17 heavy (non-hydrogen) atoms. The summed E-state index contributed by atoms with van der Waals surface area (Å²) in [6.45, 7) is 9.33. The number of rotatable bonds is 2. The quantitative estimate of drug-likeness (QED) is 0.822. The van der Waals surface area contributed by atoms with Crippen LogP contribution in [0.2, 0.25) is 0 Å². The third-order valence-electron chi connectivity index (χ3n) is 4.45. The minimum atomic E-state index is -0.0650. The third kappa shape index (κ3) is 3.62. The first-order valence-corrected chi connectivity index (χ1v) is 8.13. The van der Waals surface area contributed by atoms with Gasteiger partial charge in [-0.05, 0) is 37.5 Å². The van der Waals surface area contributed by atoms with Crippen LogP contribution in [0.4, 0.5) is 0 Å². The molecule has 0 aromatic heterocycles. The van der Waals surface area contributed by atoms with E-state index in [9.17, 15) is 5.11 Å². The van der Waals surface area contributed by atoms with Crippen LogP contribution in [0, 0.1) is 11.3 Å². The third-order valence-corrected chi connectivity index (χ3v) is 5.64. The Balaban J connectivity index is 1.91. The molecule has 3 unspecified atom stereocenters. The molecular formula is C14H27NOS. The zero-order chi connectivity index (χ0) is 12.5. The van der Waals surface area contributed by atoms with Gasteiger partial charge in [-0.2, -0.15) is 11.8 Å². The maximum absolute atomic E-state index is 10.2. The van der Waals surface area contributed by atoms with Gasteiger partial charge in [0.15, 0.2) is 0 Å². The Hall–Kier alpha value is 0.270. The highest BCUT2D eigenvalue weighted by molar-refractivity contribution is 7.99. The largest absolute Gasteiger partial charge is 0.393 e. The number of hydrogen-bond acceptors (Lipinski definition) is 3. The normalized spacial score (nSPS) is 39.2. The molecule has 3 heteroatoms. The summed E-state index contributed by atoms with van der Waals surface area (Å²) in [5, 5.41) is 10.2. The van der Waals surface area contributed by atoms with E-state index < -0.39 is 0 Å². The molecule has 0 aromatic rings. The maximum atomic E-state index is 10.2. The van der Waals surface area contributed by atoms with Crippen molar-refractivity contribution >= 4 is 11.8 Å². The maximum Gasteiger partial charge on any atom is 0.0581 e. The topological polar surface area (TPSA) is 23.5 Å². The fraction of sp³-hybridized carbons (Fsp3) is 1.00. The highest BCUT2D eigenvalue weighted by atomic mass is 32.2. The summed E-state index contributed by atoms with van der Waals surface area (Å²) >= 11 is 2.07. The monoisotopic (exact) mass is 257 g/mol. The predicted molar refractivity (Wildman–Crippen MR) is 75.5 cm³/mol. The van der Waals surface area contributed by atoms with E-state index in [2.05, 4.69) is 37.4 Å². The molecule has 2 aliphatic rings. The Morgan fingerprint density at radius 3 is 2.88 bits per heavy atom. The SMILES string of the molecule is CC1CSCCN1CC1CC(C)(C)CCC1O. The van der Waals surface area contributed by atoms with Crippen LogP contribution in [0.15, 0.2) is 0 Å². The van der Waals surface area contributed by atoms with E-state index in [0.29, 0.717) is 17.4 Å². The summed E-state index contributed by atoms with van der Waals surface area (Å²) in [6, 6.07) is 0.686. The first kappa shape index (κ1) is 13.7. The molecule has 2 rings (SSSR count). The lowest BCUT2D eigenvalue weighted by atomic mass is 9.70. The Morgan fingerprint density at radius 1 is 1.41 bits per heavy atom.